The quantitative estimate of drug-likeness (QED) is 0.476. The van der Waals surface area contributed by atoms with Crippen LogP contribution in [0.2, 0.25) is 0 Å². The van der Waals surface area contributed by atoms with Crippen LogP contribution in [-0.4, -0.2) is 28.6 Å². The lowest BCUT2D eigenvalue weighted by Gasteiger charge is -2.11. The van der Waals surface area contributed by atoms with Crippen molar-refractivity contribution in [1.82, 2.24) is 10.2 Å². The number of nitrogens with zero attached hydrogens (tertiary/aromatic N) is 2. The average molecular weight is 489 g/mol. The molecule has 156 valence electrons. The zero-order valence-electron chi connectivity index (χ0n) is 16.5. The number of hydrogen-bond donors (Lipinski definition) is 2. The molecule has 3 rings (SSSR count). The first-order valence-electron chi connectivity index (χ1n) is 9.31. The highest BCUT2D eigenvalue weighted by molar-refractivity contribution is 9.10. The molecule has 0 spiro atoms. The van der Waals surface area contributed by atoms with Crippen molar-refractivity contribution >= 4 is 49.9 Å². The second-order valence-electron chi connectivity index (χ2n) is 6.89. The van der Waals surface area contributed by atoms with Crippen molar-refractivity contribution in [2.24, 2.45) is 5.92 Å². The van der Waals surface area contributed by atoms with Crippen molar-refractivity contribution in [1.29, 1.82) is 0 Å². The van der Waals surface area contributed by atoms with Gasteiger partial charge in [-0.2, -0.15) is 0 Å². The Morgan fingerprint density at radius 2 is 1.80 bits per heavy atom. The summed E-state index contributed by atoms with van der Waals surface area (Å²) in [5.41, 5.74) is 0.973. The zero-order chi connectivity index (χ0) is 21.5. The van der Waals surface area contributed by atoms with Gasteiger partial charge < -0.3 is 10.1 Å². The van der Waals surface area contributed by atoms with Crippen molar-refractivity contribution in [3.8, 4) is 5.75 Å². The van der Waals surface area contributed by atoms with E-state index in [9.17, 15) is 9.59 Å². The molecule has 2 N–H and O–H groups in total. The minimum atomic E-state index is -0.369. The zero-order valence-corrected chi connectivity index (χ0v) is 18.9. The van der Waals surface area contributed by atoms with E-state index in [4.69, 9.17) is 4.74 Å². The molecule has 0 saturated heterocycles. The second kappa shape index (κ2) is 10.3. The Labute approximate surface area is 187 Å². The summed E-state index contributed by atoms with van der Waals surface area (Å²) in [5.74, 6) is 0.0770. The lowest BCUT2D eigenvalue weighted by Crippen LogP contribution is -2.21. The van der Waals surface area contributed by atoms with Gasteiger partial charge in [0.2, 0.25) is 5.13 Å². The number of hydrogen-bond acceptors (Lipinski definition) is 6. The van der Waals surface area contributed by atoms with Crippen molar-refractivity contribution in [2.45, 2.75) is 20.3 Å². The molecule has 7 nitrogen and oxygen atoms in total. The number of ether oxygens (including phenoxy) is 1. The first-order valence-corrected chi connectivity index (χ1v) is 10.9. The van der Waals surface area contributed by atoms with E-state index < -0.39 is 0 Å². The van der Waals surface area contributed by atoms with E-state index in [1.807, 2.05) is 12.1 Å². The summed E-state index contributed by atoms with van der Waals surface area (Å²) in [6, 6.07) is 14.0. The van der Waals surface area contributed by atoms with Crippen LogP contribution < -0.4 is 15.4 Å². The molecule has 1 aromatic heterocycles. The Morgan fingerprint density at radius 3 is 2.53 bits per heavy atom. The molecule has 0 saturated carbocycles. The van der Waals surface area contributed by atoms with Crippen LogP contribution in [0.3, 0.4) is 0 Å². The third-order valence-corrected chi connectivity index (χ3v) is 5.28. The number of nitrogens with one attached hydrogen (secondary N) is 2. The predicted molar refractivity (Wildman–Crippen MR) is 121 cm³/mol. The van der Waals surface area contributed by atoms with Gasteiger partial charge in [-0.3, -0.25) is 14.9 Å². The van der Waals surface area contributed by atoms with Gasteiger partial charge in [0.1, 0.15) is 10.8 Å². The summed E-state index contributed by atoms with van der Waals surface area (Å²) < 4.78 is 6.52. The van der Waals surface area contributed by atoms with Crippen LogP contribution in [0.15, 0.2) is 53.0 Å². The summed E-state index contributed by atoms with van der Waals surface area (Å²) in [7, 11) is 0. The van der Waals surface area contributed by atoms with Crippen LogP contribution in [0.5, 0.6) is 5.75 Å². The van der Waals surface area contributed by atoms with E-state index in [1.165, 1.54) is 11.3 Å². The SMILES string of the molecule is CC(C)Cc1nnc(NC(=O)c2ccccc2OCC(=O)Nc2ccc(Br)cc2)s1. The first kappa shape index (κ1) is 21.9. The molecule has 9 heteroatoms. The smallest absolute Gasteiger partial charge is 0.262 e. The van der Waals surface area contributed by atoms with Gasteiger partial charge in [-0.15, -0.1) is 10.2 Å². The molecule has 2 aromatic carbocycles. The van der Waals surface area contributed by atoms with E-state index >= 15 is 0 Å². The maximum absolute atomic E-state index is 12.7. The largest absolute Gasteiger partial charge is 0.483 e. The van der Waals surface area contributed by atoms with Gasteiger partial charge in [0, 0.05) is 16.6 Å². The predicted octanol–water partition coefficient (Wildman–Crippen LogP) is 4.77. The number of amides is 2. The standard InChI is InChI=1S/C21H21BrN4O3S/c1-13(2)11-19-25-26-21(30-19)24-20(28)16-5-3-4-6-17(16)29-12-18(27)23-15-9-7-14(22)8-10-15/h3-10,13H,11-12H2,1-2H3,(H,23,27)(H,24,26,28). The van der Waals surface area contributed by atoms with E-state index in [2.05, 4.69) is 50.6 Å². The Bertz CT molecular complexity index is 1020. The normalized spacial score (nSPS) is 10.7. The number of aromatic nitrogens is 2. The molecule has 30 heavy (non-hydrogen) atoms. The Balaban J connectivity index is 1.60. The molecular weight excluding hydrogens is 468 g/mol. The average Bonchev–Trinajstić information content (AvgIpc) is 3.14. The van der Waals surface area contributed by atoms with E-state index in [-0.39, 0.29) is 18.4 Å². The van der Waals surface area contributed by atoms with Gasteiger partial charge in [0.25, 0.3) is 11.8 Å². The van der Waals surface area contributed by atoms with E-state index in [1.54, 1.807) is 36.4 Å². The van der Waals surface area contributed by atoms with E-state index in [0.29, 0.717) is 28.0 Å². The lowest BCUT2D eigenvalue weighted by atomic mass is 10.1. The van der Waals surface area contributed by atoms with Crippen molar-refractivity contribution in [3.63, 3.8) is 0 Å². The number of benzene rings is 2. The summed E-state index contributed by atoms with van der Waals surface area (Å²) in [4.78, 5) is 24.8. The fourth-order valence-corrected chi connectivity index (χ4v) is 3.77. The van der Waals surface area contributed by atoms with Crippen molar-refractivity contribution in [3.05, 3.63) is 63.6 Å². The summed E-state index contributed by atoms with van der Waals surface area (Å²) in [6.45, 7) is 3.97. The molecule has 0 bridgehead atoms. The van der Waals surface area contributed by atoms with Crippen LogP contribution in [-0.2, 0) is 11.2 Å². The molecule has 0 atom stereocenters. The van der Waals surface area contributed by atoms with Crippen LogP contribution >= 0.6 is 27.3 Å². The van der Waals surface area contributed by atoms with Crippen LogP contribution in [0.4, 0.5) is 10.8 Å². The number of anilines is 2. The molecular formula is C21H21BrN4O3S. The third-order valence-electron chi connectivity index (χ3n) is 3.89. The molecule has 0 unspecified atom stereocenters. The second-order valence-corrected chi connectivity index (χ2v) is 8.87. The topological polar surface area (TPSA) is 93.2 Å². The molecule has 0 fully saturated rings. The number of carbonyl (C=O) groups is 2. The number of rotatable bonds is 8. The maximum Gasteiger partial charge on any atom is 0.262 e. The minimum absolute atomic E-state index is 0.225. The highest BCUT2D eigenvalue weighted by atomic mass is 79.9. The fourth-order valence-electron chi connectivity index (χ4n) is 2.55. The van der Waals surface area contributed by atoms with Gasteiger partial charge >= 0.3 is 0 Å². The van der Waals surface area contributed by atoms with Crippen LogP contribution in [0.1, 0.15) is 29.2 Å². The van der Waals surface area contributed by atoms with Gasteiger partial charge in [-0.25, -0.2) is 0 Å². The van der Waals surface area contributed by atoms with Crippen LogP contribution in [0.25, 0.3) is 0 Å². The molecule has 2 amide bonds. The third kappa shape index (κ3) is 6.36. The molecule has 0 aliphatic carbocycles. The Kier molecular flexibility index (Phi) is 7.53. The summed E-state index contributed by atoms with van der Waals surface area (Å²) in [5, 5.41) is 14.9. The maximum atomic E-state index is 12.7. The Hall–Kier alpha value is -2.78. The monoisotopic (exact) mass is 488 g/mol. The van der Waals surface area contributed by atoms with E-state index in [0.717, 1.165) is 15.9 Å². The number of para-hydroxylation sites is 1. The molecule has 1 heterocycles. The molecule has 0 radical (unpaired) electrons. The minimum Gasteiger partial charge on any atom is -0.483 e. The van der Waals surface area contributed by atoms with Crippen molar-refractivity contribution in [2.75, 3.05) is 17.2 Å². The fraction of sp³-hybridized carbons (Fsp3) is 0.238. The number of halogens is 1. The molecule has 0 aliphatic heterocycles. The van der Waals surface area contributed by atoms with Crippen LogP contribution in [0, 0.1) is 5.92 Å². The summed E-state index contributed by atoms with van der Waals surface area (Å²) in [6.07, 6.45) is 0.806. The first-order chi connectivity index (χ1) is 14.4. The molecule has 0 aliphatic rings. The molecule has 3 aromatic rings. The Morgan fingerprint density at radius 1 is 1.07 bits per heavy atom. The highest BCUT2D eigenvalue weighted by Crippen LogP contribution is 2.23. The summed E-state index contributed by atoms with van der Waals surface area (Å²) >= 11 is 4.69. The van der Waals surface area contributed by atoms with Gasteiger partial charge in [-0.05, 0) is 42.3 Å². The van der Waals surface area contributed by atoms with Crippen molar-refractivity contribution < 1.29 is 14.3 Å². The lowest BCUT2D eigenvalue weighted by molar-refractivity contribution is -0.118. The highest BCUT2D eigenvalue weighted by Gasteiger charge is 2.16. The number of carbonyl (C=O) groups excluding carboxylic acids is 2. The van der Waals surface area contributed by atoms with Gasteiger partial charge in [0.05, 0.1) is 5.56 Å². The van der Waals surface area contributed by atoms with Gasteiger partial charge in [0.15, 0.2) is 6.61 Å². The van der Waals surface area contributed by atoms with Gasteiger partial charge in [-0.1, -0.05) is 53.2 Å².